The van der Waals surface area contributed by atoms with Crippen molar-refractivity contribution in [3.8, 4) is 22.7 Å². The number of carbonyl (C=O) groups is 1. The number of hydrogen-bond acceptors (Lipinski definition) is 5. The van der Waals surface area contributed by atoms with E-state index >= 15 is 0 Å². The van der Waals surface area contributed by atoms with Crippen molar-refractivity contribution in [2.24, 2.45) is 7.05 Å². The van der Waals surface area contributed by atoms with Crippen LogP contribution in [0.1, 0.15) is 46.9 Å². The van der Waals surface area contributed by atoms with Gasteiger partial charge in [0.2, 0.25) is 0 Å². The predicted molar refractivity (Wildman–Crippen MR) is 127 cm³/mol. The summed E-state index contributed by atoms with van der Waals surface area (Å²) in [6, 6.07) is 6.67. The van der Waals surface area contributed by atoms with Gasteiger partial charge in [0.15, 0.2) is 17.5 Å². The van der Waals surface area contributed by atoms with E-state index < -0.39 is 17.5 Å². The second-order valence-electron chi connectivity index (χ2n) is 9.31. The molecule has 190 valence electrons. The summed E-state index contributed by atoms with van der Waals surface area (Å²) in [6.45, 7) is 0. The third-order valence-corrected chi connectivity index (χ3v) is 7.24. The van der Waals surface area contributed by atoms with E-state index in [1.165, 1.54) is 24.3 Å². The first-order chi connectivity index (χ1) is 17.9. The van der Waals surface area contributed by atoms with E-state index in [2.05, 4.69) is 10.2 Å². The molecule has 8 nitrogen and oxygen atoms in total. The van der Waals surface area contributed by atoms with Crippen molar-refractivity contribution >= 4 is 5.91 Å². The molecule has 2 aliphatic rings. The van der Waals surface area contributed by atoms with Gasteiger partial charge in [-0.15, -0.1) is 0 Å². The molecule has 1 saturated heterocycles. The number of amides is 1. The summed E-state index contributed by atoms with van der Waals surface area (Å²) < 4.78 is 48.7. The normalized spacial score (nSPS) is 18.6. The van der Waals surface area contributed by atoms with Crippen LogP contribution in [0.15, 0.2) is 42.7 Å². The first-order valence-corrected chi connectivity index (χ1v) is 12.0. The molecule has 6 rings (SSSR count). The van der Waals surface area contributed by atoms with Gasteiger partial charge in [-0.05, 0) is 56.0 Å². The predicted octanol–water partition coefficient (Wildman–Crippen LogP) is 4.39. The molecule has 2 atom stereocenters. The second kappa shape index (κ2) is 8.75. The molecule has 0 radical (unpaired) electrons. The average Bonchev–Trinajstić information content (AvgIpc) is 3.54. The minimum absolute atomic E-state index is 0.151. The Kier molecular flexibility index (Phi) is 5.50. The molecule has 2 aliphatic heterocycles. The summed E-state index contributed by atoms with van der Waals surface area (Å²) in [7, 11) is 3.22. The number of piperidine rings is 1. The highest BCUT2D eigenvalue weighted by Crippen LogP contribution is 2.45. The number of aromatic nitrogens is 5. The van der Waals surface area contributed by atoms with Crippen LogP contribution in [0.2, 0.25) is 0 Å². The van der Waals surface area contributed by atoms with Crippen LogP contribution in [0.4, 0.5) is 13.2 Å². The third kappa shape index (κ3) is 3.68. The number of halogens is 3. The molecule has 11 heteroatoms. The monoisotopic (exact) mass is 508 g/mol. The van der Waals surface area contributed by atoms with Gasteiger partial charge in [-0.1, -0.05) is 0 Å². The molecule has 0 N–H and O–H groups in total. The summed E-state index contributed by atoms with van der Waals surface area (Å²) in [4.78, 5) is 17.4. The van der Waals surface area contributed by atoms with Crippen LogP contribution in [-0.2, 0) is 13.5 Å². The fraction of sp³-hybridized carbons (Fsp3) is 0.308. The quantitative estimate of drug-likeness (QED) is 0.382. The lowest BCUT2D eigenvalue weighted by molar-refractivity contribution is 0.0391. The molecule has 1 fully saturated rings. The number of methoxy groups -OCH3 is 1. The van der Waals surface area contributed by atoms with Gasteiger partial charge in [0.25, 0.3) is 5.91 Å². The number of ether oxygens (including phenoxy) is 1. The van der Waals surface area contributed by atoms with E-state index in [1.807, 2.05) is 4.90 Å². The van der Waals surface area contributed by atoms with Crippen LogP contribution in [0.25, 0.3) is 16.9 Å². The summed E-state index contributed by atoms with van der Waals surface area (Å²) in [5, 5.41) is 13.1. The smallest absolute Gasteiger partial charge is 0.257 e. The van der Waals surface area contributed by atoms with E-state index in [-0.39, 0.29) is 23.6 Å². The fourth-order valence-corrected chi connectivity index (χ4v) is 5.67. The number of carbonyl (C=O) groups excluding carboxylic acids is 1. The first-order valence-electron chi connectivity index (χ1n) is 12.0. The third-order valence-electron chi connectivity index (χ3n) is 7.24. The Hall–Kier alpha value is -4.15. The summed E-state index contributed by atoms with van der Waals surface area (Å²) in [5.74, 6) is -3.68. The Morgan fingerprint density at radius 3 is 2.49 bits per heavy atom. The van der Waals surface area contributed by atoms with Crippen LogP contribution in [0, 0.1) is 17.5 Å². The molecule has 0 aliphatic carbocycles. The minimum Gasteiger partial charge on any atom is -0.497 e. The number of aryl methyl sites for hydroxylation is 1. The molecule has 1 amide bonds. The largest absolute Gasteiger partial charge is 0.497 e. The van der Waals surface area contributed by atoms with Crippen LogP contribution in [-0.4, -0.2) is 48.7 Å². The molecule has 0 saturated carbocycles. The van der Waals surface area contributed by atoms with Crippen molar-refractivity contribution in [3.63, 3.8) is 0 Å². The van der Waals surface area contributed by atoms with Gasteiger partial charge < -0.3 is 9.64 Å². The fourth-order valence-electron chi connectivity index (χ4n) is 5.67. The minimum atomic E-state index is -1.51. The maximum atomic E-state index is 14.1. The van der Waals surface area contributed by atoms with Gasteiger partial charge in [-0.25, -0.2) is 13.2 Å². The first kappa shape index (κ1) is 23.3. The van der Waals surface area contributed by atoms with Crippen molar-refractivity contribution < 1.29 is 22.7 Å². The zero-order chi connectivity index (χ0) is 25.8. The molecule has 2 bridgehead atoms. The van der Waals surface area contributed by atoms with Crippen molar-refractivity contribution in [2.45, 2.75) is 37.8 Å². The molecule has 2 aromatic heterocycles. The van der Waals surface area contributed by atoms with Crippen LogP contribution >= 0.6 is 0 Å². The summed E-state index contributed by atoms with van der Waals surface area (Å²) >= 11 is 0. The zero-order valence-corrected chi connectivity index (χ0v) is 20.2. The van der Waals surface area contributed by atoms with Crippen molar-refractivity contribution in [1.82, 2.24) is 29.7 Å². The molecule has 37 heavy (non-hydrogen) atoms. The Labute approximate surface area is 210 Å². The maximum Gasteiger partial charge on any atom is 0.257 e. The Bertz CT molecular complexity index is 1490. The lowest BCUT2D eigenvalue weighted by Gasteiger charge is -2.45. The highest BCUT2D eigenvalue weighted by Gasteiger charge is 2.44. The van der Waals surface area contributed by atoms with E-state index in [0.717, 1.165) is 30.5 Å². The van der Waals surface area contributed by atoms with Gasteiger partial charge in [-0.2, -0.15) is 20.1 Å². The van der Waals surface area contributed by atoms with Crippen LogP contribution < -0.4 is 4.74 Å². The maximum absolute atomic E-state index is 14.1. The van der Waals surface area contributed by atoms with Crippen LogP contribution in [0.3, 0.4) is 0 Å². The van der Waals surface area contributed by atoms with Gasteiger partial charge >= 0.3 is 0 Å². The van der Waals surface area contributed by atoms with Crippen LogP contribution in [0.5, 0.6) is 5.75 Å². The molecule has 4 heterocycles. The lowest BCUT2D eigenvalue weighted by atomic mass is 9.81. The summed E-state index contributed by atoms with van der Waals surface area (Å²) in [5.41, 5.74) is 3.18. The topological polar surface area (TPSA) is 78.1 Å². The van der Waals surface area contributed by atoms with E-state index in [0.29, 0.717) is 41.2 Å². The summed E-state index contributed by atoms with van der Waals surface area (Å²) in [6.07, 6.45) is 5.91. The molecule has 4 aromatic rings. The second-order valence-corrected chi connectivity index (χ2v) is 9.31. The average molecular weight is 509 g/mol. The molecule has 2 aromatic carbocycles. The number of benzene rings is 2. The van der Waals surface area contributed by atoms with E-state index in [9.17, 15) is 18.0 Å². The van der Waals surface area contributed by atoms with Gasteiger partial charge in [0, 0.05) is 24.2 Å². The Morgan fingerprint density at radius 1 is 1.05 bits per heavy atom. The number of nitrogens with zero attached hydrogens (tertiary/aromatic N) is 6. The van der Waals surface area contributed by atoms with Crippen molar-refractivity contribution in [2.75, 3.05) is 7.11 Å². The SMILES string of the molecule is COc1ccc(-n2nccn2)c(C(=O)N2[C@@H]3CCC[C@H]2c2nn(C)c(-c4cc(F)c(F)c(F)c4)c2C3)c1. The van der Waals surface area contributed by atoms with Gasteiger partial charge in [-0.3, -0.25) is 9.48 Å². The standard InChI is InChI=1S/C26H23F3N6O2/c1-33-25(14-10-19(27)23(29)20(28)11-14)18-12-15-4-3-5-22(24(18)32-33)34(15)26(36)17-13-16(37-2)6-7-21(17)35-30-8-9-31-35/h6-11,13,15,22H,3-5,12H2,1-2H3/t15-,22+/m1/s1. The highest BCUT2D eigenvalue weighted by molar-refractivity contribution is 5.99. The Balaban J connectivity index is 1.45. The molecular formula is C26H23F3N6O2. The Morgan fingerprint density at radius 2 is 1.78 bits per heavy atom. The number of rotatable bonds is 4. The van der Waals surface area contributed by atoms with Crippen molar-refractivity contribution in [1.29, 1.82) is 0 Å². The number of hydrogen-bond donors (Lipinski definition) is 0. The highest BCUT2D eigenvalue weighted by atomic mass is 19.2. The van der Waals surface area contributed by atoms with Gasteiger partial charge in [0.05, 0.1) is 48.2 Å². The molecular weight excluding hydrogens is 485 g/mol. The van der Waals surface area contributed by atoms with E-state index in [1.54, 1.807) is 29.9 Å². The van der Waals surface area contributed by atoms with Crippen molar-refractivity contribution in [3.05, 3.63) is 77.0 Å². The zero-order valence-electron chi connectivity index (χ0n) is 20.2. The molecule has 0 unspecified atom stereocenters. The van der Waals surface area contributed by atoms with E-state index in [4.69, 9.17) is 9.84 Å². The lowest BCUT2D eigenvalue weighted by Crippen LogP contribution is -2.50. The number of fused-ring (bicyclic) bond motifs is 4. The van der Waals surface area contributed by atoms with Gasteiger partial charge in [0.1, 0.15) is 5.75 Å². The molecule has 0 spiro atoms.